The molecule has 1 fully saturated rings. The first-order valence-corrected chi connectivity index (χ1v) is 7.30. The molecule has 0 saturated heterocycles. The average Bonchev–Trinajstić information content (AvgIpc) is 2.18. The van der Waals surface area contributed by atoms with E-state index in [-0.39, 0.29) is 0 Å². The van der Waals surface area contributed by atoms with Gasteiger partial charge in [-0.3, -0.25) is 0 Å². The maximum atomic E-state index is 5.88. The van der Waals surface area contributed by atoms with Gasteiger partial charge in [-0.05, 0) is 60.8 Å². The lowest BCUT2D eigenvalue weighted by Gasteiger charge is -2.45. The van der Waals surface area contributed by atoms with Gasteiger partial charge in [0.2, 0.25) is 0 Å². The van der Waals surface area contributed by atoms with Crippen molar-refractivity contribution in [1.82, 2.24) is 0 Å². The van der Waals surface area contributed by atoms with Crippen molar-refractivity contribution in [3.63, 3.8) is 0 Å². The molecule has 2 rings (SSSR count). The van der Waals surface area contributed by atoms with Crippen molar-refractivity contribution in [3.8, 4) is 0 Å². The van der Waals surface area contributed by atoms with Gasteiger partial charge >= 0.3 is 0 Å². The molecule has 1 aromatic rings. The van der Waals surface area contributed by atoms with E-state index in [0.29, 0.717) is 16.9 Å². The largest absolute Gasteiger partial charge is 0.399 e. The quantitative estimate of drug-likeness (QED) is 0.763. The summed E-state index contributed by atoms with van der Waals surface area (Å²) in [5, 5.41) is 3.70. The molecule has 0 aliphatic heterocycles. The van der Waals surface area contributed by atoms with Crippen LogP contribution in [-0.4, -0.2) is 6.04 Å². The van der Waals surface area contributed by atoms with Crippen molar-refractivity contribution >= 4 is 11.4 Å². The fourth-order valence-corrected chi connectivity index (χ4v) is 3.95. The molecular weight excluding hydrogens is 232 g/mol. The number of anilines is 2. The van der Waals surface area contributed by atoms with E-state index in [1.807, 2.05) is 6.07 Å². The van der Waals surface area contributed by atoms with Gasteiger partial charge in [-0.2, -0.15) is 0 Å². The Balaban J connectivity index is 2.11. The molecule has 1 aliphatic carbocycles. The van der Waals surface area contributed by atoms with E-state index in [1.54, 1.807) is 0 Å². The predicted octanol–water partition coefficient (Wildman–Crippen LogP) is 4.59. The Hall–Kier alpha value is -1.18. The summed E-state index contributed by atoms with van der Waals surface area (Å²) in [4.78, 5) is 0. The Kier molecular flexibility index (Phi) is 3.55. The summed E-state index contributed by atoms with van der Waals surface area (Å²) in [7, 11) is 0. The van der Waals surface area contributed by atoms with E-state index in [4.69, 9.17) is 5.73 Å². The molecule has 0 atom stereocenters. The molecule has 3 N–H and O–H groups in total. The Bertz CT molecular complexity index is 444. The smallest absolute Gasteiger partial charge is 0.0346 e. The fraction of sp³-hybridized carbons (Fsp3) is 0.647. The number of nitrogen functional groups attached to an aromatic ring is 1. The maximum absolute atomic E-state index is 5.88. The van der Waals surface area contributed by atoms with Gasteiger partial charge in [0, 0.05) is 17.4 Å². The van der Waals surface area contributed by atoms with Crippen LogP contribution >= 0.6 is 0 Å². The van der Waals surface area contributed by atoms with Crippen LogP contribution in [-0.2, 0) is 0 Å². The van der Waals surface area contributed by atoms with Gasteiger partial charge in [-0.25, -0.2) is 0 Å². The van der Waals surface area contributed by atoms with Gasteiger partial charge in [0.05, 0.1) is 0 Å². The summed E-state index contributed by atoms with van der Waals surface area (Å²) in [5.41, 5.74) is 9.94. The van der Waals surface area contributed by atoms with E-state index in [0.717, 1.165) is 11.3 Å². The van der Waals surface area contributed by atoms with Gasteiger partial charge < -0.3 is 11.1 Å². The van der Waals surface area contributed by atoms with Crippen LogP contribution < -0.4 is 11.1 Å². The average molecular weight is 260 g/mol. The Morgan fingerprint density at radius 2 is 1.68 bits per heavy atom. The highest BCUT2D eigenvalue weighted by molar-refractivity contribution is 5.57. The van der Waals surface area contributed by atoms with Crippen LogP contribution in [0.5, 0.6) is 0 Å². The summed E-state index contributed by atoms with van der Waals surface area (Å²) in [6, 6.07) is 6.80. The summed E-state index contributed by atoms with van der Waals surface area (Å²) in [5.74, 6) is 0. The molecule has 2 nitrogen and oxygen atoms in total. The maximum Gasteiger partial charge on any atom is 0.0346 e. The first-order valence-electron chi connectivity index (χ1n) is 7.30. The normalized spacial score (nSPS) is 22.2. The van der Waals surface area contributed by atoms with Crippen LogP contribution in [0.1, 0.15) is 52.5 Å². The first-order chi connectivity index (χ1) is 8.67. The minimum atomic E-state index is 0.419. The molecule has 0 spiro atoms. The summed E-state index contributed by atoms with van der Waals surface area (Å²) < 4.78 is 0. The van der Waals surface area contributed by atoms with Gasteiger partial charge in [0.1, 0.15) is 0 Å². The third-order valence-corrected chi connectivity index (χ3v) is 4.20. The second-order valence-corrected chi connectivity index (χ2v) is 7.83. The van der Waals surface area contributed by atoms with E-state index in [9.17, 15) is 0 Å². The number of nitrogens with two attached hydrogens (primary N) is 1. The monoisotopic (exact) mass is 260 g/mol. The van der Waals surface area contributed by atoms with Crippen molar-refractivity contribution in [2.45, 2.75) is 59.9 Å². The fourth-order valence-electron chi connectivity index (χ4n) is 3.95. The summed E-state index contributed by atoms with van der Waals surface area (Å²) in [6.07, 6.45) is 3.78. The van der Waals surface area contributed by atoms with Crippen LogP contribution in [0.2, 0.25) is 0 Å². The summed E-state index contributed by atoms with van der Waals surface area (Å²) >= 11 is 0. The molecule has 106 valence electrons. The zero-order chi connectivity index (χ0) is 14.3. The molecule has 2 heteroatoms. The molecule has 0 bridgehead atoms. The lowest BCUT2D eigenvalue weighted by Crippen LogP contribution is -2.40. The van der Waals surface area contributed by atoms with E-state index >= 15 is 0 Å². The molecule has 0 radical (unpaired) electrons. The van der Waals surface area contributed by atoms with Crippen molar-refractivity contribution in [1.29, 1.82) is 0 Å². The highest BCUT2D eigenvalue weighted by Gasteiger charge is 2.38. The van der Waals surface area contributed by atoms with Gasteiger partial charge in [-0.1, -0.05) is 27.7 Å². The highest BCUT2D eigenvalue weighted by Crippen LogP contribution is 2.46. The van der Waals surface area contributed by atoms with E-state index in [2.05, 4.69) is 52.1 Å². The SMILES string of the molecule is Cc1cc(NC2CC(C)(C)CC(C)(C)C2)ccc1N. The highest BCUT2D eigenvalue weighted by atomic mass is 14.9. The van der Waals surface area contributed by atoms with E-state index in [1.165, 1.54) is 24.9 Å². The zero-order valence-corrected chi connectivity index (χ0v) is 13.0. The second kappa shape index (κ2) is 4.73. The van der Waals surface area contributed by atoms with E-state index < -0.39 is 0 Å². The molecule has 0 amide bonds. The number of rotatable bonds is 2. The van der Waals surface area contributed by atoms with Gasteiger partial charge in [-0.15, -0.1) is 0 Å². The van der Waals surface area contributed by atoms with Crippen molar-refractivity contribution in [3.05, 3.63) is 23.8 Å². The first kappa shape index (κ1) is 14.2. The third kappa shape index (κ3) is 3.65. The second-order valence-electron chi connectivity index (χ2n) is 7.83. The third-order valence-electron chi connectivity index (χ3n) is 4.20. The molecule has 1 aliphatic rings. The minimum Gasteiger partial charge on any atom is -0.399 e. The Labute approximate surface area is 117 Å². The van der Waals surface area contributed by atoms with Crippen LogP contribution in [0.25, 0.3) is 0 Å². The number of nitrogens with one attached hydrogen (secondary N) is 1. The molecule has 0 heterocycles. The van der Waals surface area contributed by atoms with Crippen molar-refractivity contribution in [2.24, 2.45) is 10.8 Å². The number of hydrogen-bond donors (Lipinski definition) is 2. The standard InChI is InChI=1S/C17H28N2/c1-12-8-13(6-7-15(12)18)19-14-9-16(2,3)11-17(4,5)10-14/h6-8,14,19H,9-11,18H2,1-5H3. The molecular formula is C17H28N2. The molecule has 0 aromatic heterocycles. The molecule has 0 unspecified atom stereocenters. The number of hydrogen-bond acceptors (Lipinski definition) is 2. The van der Waals surface area contributed by atoms with Crippen LogP contribution in [0, 0.1) is 17.8 Å². The number of aryl methyl sites for hydroxylation is 1. The lowest BCUT2D eigenvalue weighted by atomic mass is 9.63. The van der Waals surface area contributed by atoms with Crippen LogP contribution in [0.3, 0.4) is 0 Å². The Morgan fingerprint density at radius 1 is 1.11 bits per heavy atom. The minimum absolute atomic E-state index is 0.419. The van der Waals surface area contributed by atoms with Crippen molar-refractivity contribution in [2.75, 3.05) is 11.1 Å². The predicted molar refractivity (Wildman–Crippen MR) is 84.4 cm³/mol. The lowest BCUT2D eigenvalue weighted by molar-refractivity contribution is 0.105. The molecule has 1 saturated carbocycles. The van der Waals surface area contributed by atoms with Crippen LogP contribution in [0.4, 0.5) is 11.4 Å². The van der Waals surface area contributed by atoms with Gasteiger partial charge in [0.25, 0.3) is 0 Å². The Morgan fingerprint density at radius 3 is 2.21 bits per heavy atom. The topological polar surface area (TPSA) is 38.0 Å². The molecule has 1 aromatic carbocycles. The zero-order valence-electron chi connectivity index (χ0n) is 13.0. The molecule has 19 heavy (non-hydrogen) atoms. The van der Waals surface area contributed by atoms with Crippen LogP contribution in [0.15, 0.2) is 18.2 Å². The number of benzene rings is 1. The summed E-state index contributed by atoms with van der Waals surface area (Å²) in [6.45, 7) is 11.6. The van der Waals surface area contributed by atoms with Gasteiger partial charge in [0.15, 0.2) is 0 Å². The van der Waals surface area contributed by atoms with Crippen molar-refractivity contribution < 1.29 is 0 Å².